The molecular formula is C14H17N3O3. The van der Waals surface area contributed by atoms with Crippen LogP contribution in [-0.4, -0.2) is 20.9 Å². The van der Waals surface area contributed by atoms with Gasteiger partial charge in [0.25, 0.3) is 0 Å². The summed E-state index contributed by atoms with van der Waals surface area (Å²) in [5, 5.41) is 13.2. The van der Waals surface area contributed by atoms with Crippen LogP contribution >= 0.6 is 0 Å². The first-order valence-corrected chi connectivity index (χ1v) is 6.27. The predicted molar refractivity (Wildman–Crippen MR) is 74.8 cm³/mol. The molecular weight excluding hydrogens is 258 g/mol. The number of anilines is 1. The zero-order valence-electron chi connectivity index (χ0n) is 11.4. The molecule has 0 spiro atoms. The molecule has 6 heteroatoms. The molecule has 106 valence electrons. The minimum Gasteiger partial charge on any atom is -0.487 e. The first-order valence-electron chi connectivity index (χ1n) is 6.27. The standard InChI is InChI=1S/C14H17N3O3/c1-9(2)17-6-5-10(16-17)8-20-11-3-4-12(14(18)19)13(15)7-11/h3-7,9H,8,15H2,1-2H3,(H,18,19). The molecule has 6 nitrogen and oxygen atoms in total. The molecule has 0 saturated heterocycles. The maximum Gasteiger partial charge on any atom is 0.337 e. The summed E-state index contributed by atoms with van der Waals surface area (Å²) in [5.74, 6) is -0.531. The molecule has 20 heavy (non-hydrogen) atoms. The fourth-order valence-corrected chi connectivity index (χ4v) is 1.72. The van der Waals surface area contributed by atoms with Crippen molar-refractivity contribution in [3.63, 3.8) is 0 Å². The van der Waals surface area contributed by atoms with Crippen LogP contribution in [0, 0.1) is 0 Å². The average molecular weight is 275 g/mol. The Morgan fingerprint density at radius 2 is 2.20 bits per heavy atom. The third-order valence-corrected chi connectivity index (χ3v) is 2.83. The van der Waals surface area contributed by atoms with Gasteiger partial charge < -0.3 is 15.6 Å². The van der Waals surface area contributed by atoms with E-state index in [4.69, 9.17) is 15.6 Å². The van der Waals surface area contributed by atoms with Crippen molar-refractivity contribution in [1.29, 1.82) is 0 Å². The van der Waals surface area contributed by atoms with E-state index in [1.807, 2.05) is 30.8 Å². The number of hydrogen-bond donors (Lipinski definition) is 2. The van der Waals surface area contributed by atoms with E-state index in [2.05, 4.69) is 5.10 Å². The maximum absolute atomic E-state index is 10.8. The van der Waals surface area contributed by atoms with Gasteiger partial charge in [-0.1, -0.05) is 0 Å². The molecule has 1 heterocycles. The number of nitrogens with two attached hydrogens (primary N) is 1. The molecule has 0 atom stereocenters. The second kappa shape index (κ2) is 5.64. The Hall–Kier alpha value is -2.50. The van der Waals surface area contributed by atoms with Gasteiger partial charge in [0.15, 0.2) is 0 Å². The molecule has 0 amide bonds. The highest BCUT2D eigenvalue weighted by atomic mass is 16.5. The van der Waals surface area contributed by atoms with Gasteiger partial charge in [0, 0.05) is 24.0 Å². The highest BCUT2D eigenvalue weighted by Crippen LogP contribution is 2.20. The molecule has 0 fully saturated rings. The number of rotatable bonds is 5. The van der Waals surface area contributed by atoms with Crippen molar-refractivity contribution in [2.45, 2.75) is 26.5 Å². The van der Waals surface area contributed by atoms with Gasteiger partial charge in [-0.2, -0.15) is 5.10 Å². The van der Waals surface area contributed by atoms with Gasteiger partial charge in [0.1, 0.15) is 12.4 Å². The number of nitrogen functional groups attached to an aromatic ring is 1. The number of hydrogen-bond acceptors (Lipinski definition) is 4. The number of aromatic carboxylic acids is 1. The molecule has 0 aliphatic heterocycles. The third kappa shape index (κ3) is 3.09. The van der Waals surface area contributed by atoms with Crippen LogP contribution in [0.1, 0.15) is 35.9 Å². The number of carboxylic acids is 1. The third-order valence-electron chi connectivity index (χ3n) is 2.83. The van der Waals surface area contributed by atoms with E-state index in [1.165, 1.54) is 12.1 Å². The summed E-state index contributed by atoms with van der Waals surface area (Å²) in [5.41, 5.74) is 6.71. The summed E-state index contributed by atoms with van der Waals surface area (Å²) in [7, 11) is 0. The Kier molecular flexibility index (Phi) is 3.93. The molecule has 0 bridgehead atoms. The van der Waals surface area contributed by atoms with Crippen molar-refractivity contribution in [2.75, 3.05) is 5.73 Å². The second-order valence-corrected chi connectivity index (χ2v) is 4.72. The van der Waals surface area contributed by atoms with E-state index in [1.54, 1.807) is 6.07 Å². The lowest BCUT2D eigenvalue weighted by molar-refractivity contribution is 0.0698. The largest absolute Gasteiger partial charge is 0.487 e. The van der Waals surface area contributed by atoms with Crippen LogP contribution in [0.2, 0.25) is 0 Å². The van der Waals surface area contributed by atoms with Crippen molar-refractivity contribution in [3.8, 4) is 5.75 Å². The van der Waals surface area contributed by atoms with Crippen LogP contribution in [0.5, 0.6) is 5.75 Å². The van der Waals surface area contributed by atoms with Crippen molar-refractivity contribution in [2.24, 2.45) is 0 Å². The molecule has 1 aromatic carbocycles. The van der Waals surface area contributed by atoms with E-state index in [0.717, 1.165) is 5.69 Å². The highest BCUT2D eigenvalue weighted by molar-refractivity contribution is 5.93. The van der Waals surface area contributed by atoms with Crippen LogP contribution in [-0.2, 0) is 6.61 Å². The van der Waals surface area contributed by atoms with Gasteiger partial charge in [-0.05, 0) is 32.0 Å². The first kappa shape index (κ1) is 13.9. The Morgan fingerprint density at radius 3 is 2.75 bits per heavy atom. The normalized spacial score (nSPS) is 10.8. The minimum absolute atomic E-state index is 0.0708. The fraction of sp³-hybridized carbons (Fsp3) is 0.286. The lowest BCUT2D eigenvalue weighted by atomic mass is 10.2. The van der Waals surface area contributed by atoms with Gasteiger partial charge in [-0.25, -0.2) is 4.79 Å². The summed E-state index contributed by atoms with van der Waals surface area (Å²) in [4.78, 5) is 10.8. The van der Waals surface area contributed by atoms with Gasteiger partial charge in [0.05, 0.1) is 11.3 Å². The van der Waals surface area contributed by atoms with E-state index >= 15 is 0 Å². The van der Waals surface area contributed by atoms with Crippen molar-refractivity contribution < 1.29 is 14.6 Å². The Balaban J connectivity index is 2.03. The number of aromatic nitrogens is 2. The SMILES string of the molecule is CC(C)n1ccc(COc2ccc(C(=O)O)c(N)c2)n1. The molecule has 0 aliphatic rings. The topological polar surface area (TPSA) is 90.4 Å². The average Bonchev–Trinajstić information content (AvgIpc) is 2.85. The predicted octanol–water partition coefficient (Wildman–Crippen LogP) is 2.32. The van der Waals surface area contributed by atoms with Crippen LogP contribution < -0.4 is 10.5 Å². The van der Waals surface area contributed by atoms with Crippen molar-refractivity contribution >= 4 is 11.7 Å². The summed E-state index contributed by atoms with van der Waals surface area (Å²) in [6, 6.07) is 6.70. The minimum atomic E-state index is -1.05. The number of benzene rings is 1. The maximum atomic E-state index is 10.8. The zero-order valence-corrected chi connectivity index (χ0v) is 11.4. The van der Waals surface area contributed by atoms with Crippen LogP contribution in [0.15, 0.2) is 30.5 Å². The quantitative estimate of drug-likeness (QED) is 0.817. The molecule has 2 aromatic rings. The van der Waals surface area contributed by atoms with E-state index in [-0.39, 0.29) is 11.3 Å². The fourth-order valence-electron chi connectivity index (χ4n) is 1.72. The van der Waals surface area contributed by atoms with Crippen molar-refractivity contribution in [1.82, 2.24) is 9.78 Å². The highest BCUT2D eigenvalue weighted by Gasteiger charge is 2.09. The lowest BCUT2D eigenvalue weighted by Gasteiger charge is -2.07. The van der Waals surface area contributed by atoms with Gasteiger partial charge >= 0.3 is 5.97 Å². The summed E-state index contributed by atoms with van der Waals surface area (Å²) in [6.45, 7) is 4.40. The van der Waals surface area contributed by atoms with Gasteiger partial charge in [-0.3, -0.25) is 4.68 Å². The molecule has 1 aromatic heterocycles. The molecule has 0 radical (unpaired) electrons. The number of carbonyl (C=O) groups is 1. The zero-order chi connectivity index (χ0) is 14.7. The second-order valence-electron chi connectivity index (χ2n) is 4.72. The summed E-state index contributed by atoms with van der Waals surface area (Å²) < 4.78 is 7.40. The Labute approximate surface area is 116 Å². The smallest absolute Gasteiger partial charge is 0.337 e. The van der Waals surface area contributed by atoms with E-state index in [0.29, 0.717) is 18.4 Å². The summed E-state index contributed by atoms with van der Waals surface area (Å²) in [6.07, 6.45) is 1.89. The molecule has 3 N–H and O–H groups in total. The molecule has 2 rings (SSSR count). The summed E-state index contributed by atoms with van der Waals surface area (Å²) >= 11 is 0. The van der Waals surface area contributed by atoms with Crippen LogP contribution in [0.3, 0.4) is 0 Å². The first-order chi connectivity index (χ1) is 9.47. The number of nitrogens with zero attached hydrogens (tertiary/aromatic N) is 2. The van der Waals surface area contributed by atoms with Gasteiger partial charge in [-0.15, -0.1) is 0 Å². The number of carboxylic acid groups (broad SMARTS) is 1. The molecule has 0 saturated carbocycles. The monoisotopic (exact) mass is 275 g/mol. The Morgan fingerprint density at radius 1 is 1.45 bits per heavy atom. The van der Waals surface area contributed by atoms with Crippen molar-refractivity contribution in [3.05, 3.63) is 41.7 Å². The Bertz CT molecular complexity index is 620. The molecule has 0 unspecified atom stereocenters. The van der Waals surface area contributed by atoms with Gasteiger partial charge in [0.2, 0.25) is 0 Å². The van der Waals surface area contributed by atoms with Crippen LogP contribution in [0.4, 0.5) is 5.69 Å². The number of ether oxygens (including phenoxy) is 1. The van der Waals surface area contributed by atoms with E-state index < -0.39 is 5.97 Å². The molecule has 0 aliphatic carbocycles. The van der Waals surface area contributed by atoms with Crippen LogP contribution in [0.25, 0.3) is 0 Å². The van der Waals surface area contributed by atoms with E-state index in [9.17, 15) is 4.79 Å². The lowest BCUT2D eigenvalue weighted by Crippen LogP contribution is -2.05.